The molecule has 1 heterocycles. The van der Waals surface area contributed by atoms with Gasteiger partial charge in [-0.2, -0.15) is 4.98 Å². The van der Waals surface area contributed by atoms with Crippen LogP contribution in [0.3, 0.4) is 0 Å². The number of hydrogen-bond donors (Lipinski definition) is 2. The lowest BCUT2D eigenvalue weighted by Crippen LogP contribution is -2.41. The summed E-state index contributed by atoms with van der Waals surface area (Å²) in [5, 5.41) is 4.13. The van der Waals surface area contributed by atoms with Gasteiger partial charge in [-0.1, -0.05) is 28.9 Å². The van der Waals surface area contributed by atoms with E-state index < -0.39 is 5.91 Å². The number of halogens is 2. The van der Waals surface area contributed by atoms with E-state index >= 15 is 0 Å². The van der Waals surface area contributed by atoms with Gasteiger partial charge in [-0.25, -0.2) is 4.39 Å². The second-order valence-electron chi connectivity index (χ2n) is 5.85. The SMILES string of the molecule is O=C(CCCc1nc(-c2ccc(F)cc2)no1)NNC(=O)c1ccccc1Cl. The van der Waals surface area contributed by atoms with Gasteiger partial charge >= 0.3 is 0 Å². The molecule has 0 atom stereocenters. The lowest BCUT2D eigenvalue weighted by molar-refractivity contribution is -0.121. The second-order valence-corrected chi connectivity index (χ2v) is 6.26. The normalized spacial score (nSPS) is 10.5. The molecular weight excluding hydrogens is 387 g/mol. The lowest BCUT2D eigenvalue weighted by Gasteiger charge is -2.07. The van der Waals surface area contributed by atoms with Gasteiger partial charge in [0.05, 0.1) is 10.6 Å². The summed E-state index contributed by atoms with van der Waals surface area (Å²) in [6.45, 7) is 0. The Kier molecular flexibility index (Phi) is 6.33. The summed E-state index contributed by atoms with van der Waals surface area (Å²) in [6.07, 6.45) is 0.982. The molecule has 0 radical (unpaired) electrons. The summed E-state index contributed by atoms with van der Waals surface area (Å²) in [5.41, 5.74) is 5.55. The van der Waals surface area contributed by atoms with Crippen molar-refractivity contribution in [1.29, 1.82) is 0 Å². The molecule has 9 heteroatoms. The third-order valence-corrected chi connectivity index (χ3v) is 4.13. The molecule has 2 aromatic carbocycles. The van der Waals surface area contributed by atoms with Crippen molar-refractivity contribution in [2.45, 2.75) is 19.3 Å². The van der Waals surface area contributed by atoms with Gasteiger partial charge in [-0.3, -0.25) is 20.4 Å². The third-order valence-electron chi connectivity index (χ3n) is 3.80. The Labute approximate surface area is 164 Å². The number of nitrogens with one attached hydrogen (secondary N) is 2. The fourth-order valence-electron chi connectivity index (χ4n) is 2.37. The molecule has 2 N–H and O–H groups in total. The smallest absolute Gasteiger partial charge is 0.271 e. The van der Waals surface area contributed by atoms with E-state index in [1.165, 1.54) is 12.1 Å². The van der Waals surface area contributed by atoms with Crippen molar-refractivity contribution in [3.05, 3.63) is 70.8 Å². The van der Waals surface area contributed by atoms with Crippen LogP contribution in [0.4, 0.5) is 4.39 Å². The first-order chi connectivity index (χ1) is 13.5. The van der Waals surface area contributed by atoms with Gasteiger partial charge in [-0.05, 0) is 42.8 Å². The molecule has 0 aliphatic heterocycles. The minimum Gasteiger partial charge on any atom is -0.339 e. The van der Waals surface area contributed by atoms with Crippen LogP contribution < -0.4 is 10.9 Å². The number of hydrogen-bond acceptors (Lipinski definition) is 5. The van der Waals surface area contributed by atoms with Gasteiger partial charge < -0.3 is 4.52 Å². The highest BCUT2D eigenvalue weighted by molar-refractivity contribution is 6.33. The van der Waals surface area contributed by atoms with Crippen LogP contribution in [0, 0.1) is 5.82 Å². The van der Waals surface area contributed by atoms with Crippen molar-refractivity contribution in [2.24, 2.45) is 0 Å². The molecule has 0 unspecified atom stereocenters. The Hall–Kier alpha value is -3.26. The zero-order chi connectivity index (χ0) is 19.9. The van der Waals surface area contributed by atoms with E-state index in [4.69, 9.17) is 16.1 Å². The Balaban J connectivity index is 1.42. The molecular formula is C19H16ClFN4O3. The van der Waals surface area contributed by atoms with Gasteiger partial charge in [0.1, 0.15) is 5.82 Å². The molecule has 0 spiro atoms. The molecule has 0 fully saturated rings. The predicted molar refractivity (Wildman–Crippen MR) is 99.7 cm³/mol. The Morgan fingerprint density at radius 1 is 1.07 bits per heavy atom. The highest BCUT2D eigenvalue weighted by Crippen LogP contribution is 2.17. The molecule has 7 nitrogen and oxygen atoms in total. The topological polar surface area (TPSA) is 97.1 Å². The molecule has 28 heavy (non-hydrogen) atoms. The number of hydrazine groups is 1. The van der Waals surface area contributed by atoms with Crippen LogP contribution in [0.2, 0.25) is 5.02 Å². The van der Waals surface area contributed by atoms with Crippen LogP contribution in [0.1, 0.15) is 29.1 Å². The molecule has 1 aromatic heterocycles. The van der Waals surface area contributed by atoms with Crippen molar-refractivity contribution in [1.82, 2.24) is 21.0 Å². The molecule has 0 saturated heterocycles. The summed E-state index contributed by atoms with van der Waals surface area (Å²) >= 11 is 5.92. The van der Waals surface area contributed by atoms with E-state index in [9.17, 15) is 14.0 Å². The number of carbonyl (C=O) groups is 2. The fourth-order valence-corrected chi connectivity index (χ4v) is 2.60. The maximum Gasteiger partial charge on any atom is 0.271 e. The summed E-state index contributed by atoms with van der Waals surface area (Å²) in [7, 11) is 0. The number of aromatic nitrogens is 2. The van der Waals surface area contributed by atoms with Crippen LogP contribution >= 0.6 is 11.6 Å². The second kappa shape index (κ2) is 9.09. The molecule has 2 amide bonds. The minimum atomic E-state index is -0.500. The molecule has 0 aliphatic rings. The lowest BCUT2D eigenvalue weighted by atomic mass is 10.2. The average molecular weight is 403 g/mol. The van der Waals surface area contributed by atoms with Crippen molar-refractivity contribution in [2.75, 3.05) is 0 Å². The quantitative estimate of drug-likeness (QED) is 0.616. The van der Waals surface area contributed by atoms with Crippen LogP contribution in [-0.4, -0.2) is 22.0 Å². The maximum atomic E-state index is 12.9. The van der Waals surface area contributed by atoms with Crippen molar-refractivity contribution in [3.8, 4) is 11.4 Å². The van der Waals surface area contributed by atoms with E-state index in [2.05, 4.69) is 21.0 Å². The molecule has 0 bridgehead atoms. The van der Waals surface area contributed by atoms with Gasteiger partial charge in [0.15, 0.2) is 0 Å². The van der Waals surface area contributed by atoms with E-state index in [1.54, 1.807) is 36.4 Å². The standard InChI is InChI=1S/C19H16ClFN4O3/c20-15-5-2-1-4-14(15)19(27)24-23-16(26)6-3-7-17-22-18(25-28-17)12-8-10-13(21)11-9-12/h1-2,4-5,8-11H,3,6-7H2,(H,23,26)(H,24,27). The molecule has 0 aliphatic carbocycles. The summed E-state index contributed by atoms with van der Waals surface area (Å²) in [5.74, 6) is -0.489. The van der Waals surface area contributed by atoms with Gasteiger partial charge in [0.2, 0.25) is 17.6 Å². The first kappa shape index (κ1) is 19.5. The fraction of sp³-hybridized carbons (Fsp3) is 0.158. The van der Waals surface area contributed by atoms with Crippen LogP contribution in [0.5, 0.6) is 0 Å². The number of benzene rings is 2. The summed E-state index contributed by atoms with van der Waals surface area (Å²) in [6, 6.07) is 12.3. The molecule has 0 saturated carbocycles. The maximum absolute atomic E-state index is 12.9. The number of aryl methyl sites for hydroxylation is 1. The largest absolute Gasteiger partial charge is 0.339 e. The predicted octanol–water partition coefficient (Wildman–Crippen LogP) is 3.31. The number of amides is 2. The zero-order valence-electron chi connectivity index (χ0n) is 14.6. The molecule has 144 valence electrons. The Morgan fingerprint density at radius 3 is 2.57 bits per heavy atom. The summed E-state index contributed by atoms with van der Waals surface area (Å²) < 4.78 is 18.1. The van der Waals surface area contributed by atoms with E-state index in [0.717, 1.165) is 0 Å². The van der Waals surface area contributed by atoms with Gasteiger partial charge in [-0.15, -0.1) is 0 Å². The van der Waals surface area contributed by atoms with Gasteiger partial charge in [0, 0.05) is 18.4 Å². The first-order valence-corrected chi connectivity index (χ1v) is 8.83. The van der Waals surface area contributed by atoms with Crippen molar-refractivity contribution < 1.29 is 18.5 Å². The Morgan fingerprint density at radius 2 is 1.82 bits per heavy atom. The third kappa shape index (κ3) is 5.14. The van der Waals surface area contributed by atoms with E-state index in [1.807, 2.05) is 0 Å². The Bertz CT molecular complexity index is 975. The average Bonchev–Trinajstić information content (AvgIpc) is 3.16. The number of rotatable bonds is 6. The van der Waals surface area contributed by atoms with Crippen LogP contribution in [0.15, 0.2) is 53.1 Å². The highest BCUT2D eigenvalue weighted by atomic mass is 35.5. The number of nitrogens with zero attached hydrogens (tertiary/aromatic N) is 2. The van der Waals surface area contributed by atoms with E-state index in [-0.39, 0.29) is 23.7 Å². The summed E-state index contributed by atoms with van der Waals surface area (Å²) in [4.78, 5) is 28.0. The highest BCUT2D eigenvalue weighted by Gasteiger charge is 2.12. The zero-order valence-corrected chi connectivity index (χ0v) is 15.4. The van der Waals surface area contributed by atoms with Gasteiger partial charge in [0.25, 0.3) is 5.91 Å². The molecule has 3 aromatic rings. The van der Waals surface area contributed by atoms with Crippen LogP contribution in [0.25, 0.3) is 11.4 Å². The van der Waals surface area contributed by atoms with Crippen molar-refractivity contribution >= 4 is 23.4 Å². The first-order valence-electron chi connectivity index (χ1n) is 8.45. The van der Waals surface area contributed by atoms with E-state index in [0.29, 0.717) is 35.1 Å². The number of carbonyl (C=O) groups excluding carboxylic acids is 2. The monoisotopic (exact) mass is 402 g/mol. The van der Waals surface area contributed by atoms with Crippen molar-refractivity contribution in [3.63, 3.8) is 0 Å². The minimum absolute atomic E-state index is 0.150. The molecule has 3 rings (SSSR count). The van der Waals surface area contributed by atoms with Crippen LogP contribution in [-0.2, 0) is 11.2 Å².